The van der Waals surface area contributed by atoms with Crippen LogP contribution in [-0.2, 0) is 4.79 Å². The molecule has 2 heterocycles. The molecule has 1 aromatic carbocycles. The summed E-state index contributed by atoms with van der Waals surface area (Å²) in [4.78, 5) is 16.6. The smallest absolute Gasteiger partial charge is 0.225 e. The van der Waals surface area contributed by atoms with Crippen molar-refractivity contribution >= 4 is 59.1 Å². The van der Waals surface area contributed by atoms with Crippen LogP contribution in [0.2, 0.25) is 0 Å². The van der Waals surface area contributed by atoms with Gasteiger partial charge in [-0.1, -0.05) is 6.07 Å². The Balaban J connectivity index is 0.00000132. The number of nitrogens with one attached hydrogen (secondary N) is 2. The molecule has 0 spiro atoms. The Morgan fingerprint density at radius 2 is 2.22 bits per heavy atom. The molecule has 23 heavy (non-hydrogen) atoms. The number of halogens is 2. The van der Waals surface area contributed by atoms with E-state index >= 15 is 0 Å². The number of amides is 1. The zero-order valence-corrected chi connectivity index (χ0v) is 15.3. The van der Waals surface area contributed by atoms with Crippen molar-refractivity contribution < 1.29 is 4.79 Å². The molecule has 3 rings (SSSR count). The van der Waals surface area contributed by atoms with E-state index in [-0.39, 0.29) is 36.8 Å². The van der Waals surface area contributed by atoms with E-state index in [4.69, 9.17) is 0 Å². The van der Waals surface area contributed by atoms with Crippen LogP contribution >= 0.6 is 36.6 Å². The molecule has 126 valence electrons. The maximum atomic E-state index is 12.2. The molecule has 2 N–H and O–H groups in total. The van der Waals surface area contributed by atoms with Gasteiger partial charge in [-0.25, -0.2) is 0 Å². The van der Waals surface area contributed by atoms with Crippen molar-refractivity contribution in [3.8, 4) is 0 Å². The van der Waals surface area contributed by atoms with E-state index in [1.165, 1.54) is 0 Å². The SMILES string of the molecule is Cc1ccc(NC(=O)CC2CSCCN2)c2cccnc12.Cl.Cl. The van der Waals surface area contributed by atoms with E-state index in [0.29, 0.717) is 6.42 Å². The van der Waals surface area contributed by atoms with Crippen molar-refractivity contribution in [2.45, 2.75) is 19.4 Å². The van der Waals surface area contributed by atoms with Gasteiger partial charge in [-0.3, -0.25) is 9.78 Å². The van der Waals surface area contributed by atoms with E-state index in [2.05, 4.69) is 15.6 Å². The van der Waals surface area contributed by atoms with Crippen LogP contribution in [0.4, 0.5) is 5.69 Å². The molecule has 0 aliphatic carbocycles. The summed E-state index contributed by atoms with van der Waals surface area (Å²) in [6.07, 6.45) is 2.30. The number of nitrogens with zero attached hydrogens (tertiary/aromatic N) is 1. The topological polar surface area (TPSA) is 54.0 Å². The quantitative estimate of drug-likeness (QED) is 0.865. The minimum absolute atomic E-state index is 0. The lowest BCUT2D eigenvalue weighted by molar-refractivity contribution is -0.116. The summed E-state index contributed by atoms with van der Waals surface area (Å²) in [5.74, 6) is 2.19. The number of pyridine rings is 1. The lowest BCUT2D eigenvalue weighted by Gasteiger charge is -2.22. The highest BCUT2D eigenvalue weighted by molar-refractivity contribution is 7.99. The molecule has 4 nitrogen and oxygen atoms in total. The molecule has 1 aliphatic rings. The second-order valence-corrected chi connectivity index (χ2v) is 6.46. The van der Waals surface area contributed by atoms with Crippen molar-refractivity contribution in [2.24, 2.45) is 0 Å². The molecule has 0 saturated carbocycles. The maximum Gasteiger partial charge on any atom is 0.225 e. The minimum atomic E-state index is 0. The fourth-order valence-electron chi connectivity index (χ4n) is 2.60. The molecule has 1 aliphatic heterocycles. The highest BCUT2D eigenvalue weighted by Gasteiger charge is 2.17. The second kappa shape index (κ2) is 9.33. The first-order valence-corrected chi connectivity index (χ1v) is 8.35. The number of hydrogen-bond donors (Lipinski definition) is 2. The number of benzene rings is 1. The Labute approximate surface area is 153 Å². The van der Waals surface area contributed by atoms with Gasteiger partial charge in [0.2, 0.25) is 5.91 Å². The van der Waals surface area contributed by atoms with Gasteiger partial charge in [0.15, 0.2) is 0 Å². The van der Waals surface area contributed by atoms with Crippen LogP contribution in [0.3, 0.4) is 0 Å². The van der Waals surface area contributed by atoms with Crippen LogP contribution in [-0.4, -0.2) is 35.0 Å². The van der Waals surface area contributed by atoms with Crippen LogP contribution in [0.25, 0.3) is 10.9 Å². The number of aromatic nitrogens is 1. The number of carbonyl (C=O) groups excluding carboxylic acids is 1. The molecule has 1 aromatic heterocycles. The fourth-order valence-corrected chi connectivity index (χ4v) is 3.55. The van der Waals surface area contributed by atoms with Crippen molar-refractivity contribution in [3.05, 3.63) is 36.0 Å². The summed E-state index contributed by atoms with van der Waals surface area (Å²) >= 11 is 1.90. The lowest BCUT2D eigenvalue weighted by Crippen LogP contribution is -2.39. The molecule has 1 unspecified atom stereocenters. The van der Waals surface area contributed by atoms with Gasteiger partial charge in [-0.05, 0) is 30.7 Å². The third-order valence-corrected chi connectivity index (χ3v) is 4.81. The average Bonchev–Trinajstić information content (AvgIpc) is 2.51. The average molecular weight is 374 g/mol. The Hall–Kier alpha value is -1.01. The zero-order valence-electron chi connectivity index (χ0n) is 12.9. The van der Waals surface area contributed by atoms with Crippen LogP contribution < -0.4 is 10.6 Å². The van der Waals surface area contributed by atoms with Crippen molar-refractivity contribution in [1.82, 2.24) is 10.3 Å². The lowest BCUT2D eigenvalue weighted by atomic mass is 10.1. The molecule has 1 fully saturated rings. The second-order valence-electron chi connectivity index (χ2n) is 5.31. The summed E-state index contributed by atoms with van der Waals surface area (Å²) in [7, 11) is 0. The van der Waals surface area contributed by atoms with Crippen LogP contribution in [0.1, 0.15) is 12.0 Å². The van der Waals surface area contributed by atoms with Crippen LogP contribution in [0.15, 0.2) is 30.5 Å². The van der Waals surface area contributed by atoms with Crippen molar-refractivity contribution in [1.29, 1.82) is 0 Å². The van der Waals surface area contributed by atoms with Crippen molar-refractivity contribution in [2.75, 3.05) is 23.4 Å². The van der Waals surface area contributed by atoms with Gasteiger partial charge in [-0.15, -0.1) is 24.8 Å². The van der Waals surface area contributed by atoms with Gasteiger partial charge >= 0.3 is 0 Å². The third-order valence-electron chi connectivity index (χ3n) is 3.68. The Kier molecular flexibility index (Phi) is 8.12. The zero-order chi connectivity index (χ0) is 14.7. The number of anilines is 1. The summed E-state index contributed by atoms with van der Waals surface area (Å²) in [5.41, 5.74) is 2.91. The standard InChI is InChI=1S/C16H19N3OS.2ClH/c1-11-4-5-14(13-3-2-6-18-16(11)13)19-15(20)9-12-10-21-8-7-17-12;;/h2-6,12,17H,7-10H2,1H3,(H,19,20);2*1H. The van der Waals surface area contributed by atoms with Gasteiger partial charge in [0.05, 0.1) is 11.2 Å². The Morgan fingerprint density at radius 1 is 1.39 bits per heavy atom. The third kappa shape index (κ3) is 4.98. The van der Waals surface area contributed by atoms with Gasteiger partial charge in [0.1, 0.15) is 0 Å². The largest absolute Gasteiger partial charge is 0.325 e. The highest BCUT2D eigenvalue weighted by Crippen LogP contribution is 2.24. The summed E-state index contributed by atoms with van der Waals surface area (Å²) in [6, 6.07) is 8.13. The van der Waals surface area contributed by atoms with Gasteiger partial charge in [0, 0.05) is 42.1 Å². The Morgan fingerprint density at radius 3 is 2.96 bits per heavy atom. The van der Waals surface area contributed by atoms with Crippen LogP contribution in [0.5, 0.6) is 0 Å². The first-order chi connectivity index (χ1) is 10.2. The van der Waals surface area contributed by atoms with Crippen LogP contribution in [0, 0.1) is 6.92 Å². The fraction of sp³-hybridized carbons (Fsp3) is 0.375. The van der Waals surface area contributed by atoms with E-state index < -0.39 is 0 Å². The number of aryl methyl sites for hydroxylation is 1. The molecule has 0 bridgehead atoms. The number of rotatable bonds is 3. The molecule has 2 aromatic rings. The molecule has 0 radical (unpaired) electrons. The highest BCUT2D eigenvalue weighted by atomic mass is 35.5. The van der Waals surface area contributed by atoms with E-state index in [0.717, 1.165) is 40.2 Å². The number of thioether (sulfide) groups is 1. The predicted molar refractivity (Wildman–Crippen MR) is 103 cm³/mol. The number of hydrogen-bond acceptors (Lipinski definition) is 4. The molecule has 1 atom stereocenters. The molecule has 1 saturated heterocycles. The molecule has 1 amide bonds. The predicted octanol–water partition coefficient (Wildman–Crippen LogP) is 3.42. The molecular weight excluding hydrogens is 353 g/mol. The molecular formula is C16H21Cl2N3OS. The summed E-state index contributed by atoms with van der Waals surface area (Å²) < 4.78 is 0. The van der Waals surface area contributed by atoms with Gasteiger partial charge in [0.25, 0.3) is 0 Å². The minimum Gasteiger partial charge on any atom is -0.325 e. The first-order valence-electron chi connectivity index (χ1n) is 7.19. The van der Waals surface area contributed by atoms with Crippen molar-refractivity contribution in [3.63, 3.8) is 0 Å². The summed E-state index contributed by atoms with van der Waals surface area (Å²) in [6.45, 7) is 3.02. The number of fused-ring (bicyclic) bond motifs is 1. The maximum absolute atomic E-state index is 12.2. The number of carbonyl (C=O) groups is 1. The van der Waals surface area contributed by atoms with E-state index in [9.17, 15) is 4.79 Å². The van der Waals surface area contributed by atoms with E-state index in [1.54, 1.807) is 6.20 Å². The van der Waals surface area contributed by atoms with Gasteiger partial charge in [-0.2, -0.15) is 11.8 Å². The van der Waals surface area contributed by atoms with Gasteiger partial charge < -0.3 is 10.6 Å². The first kappa shape index (κ1) is 20.0. The Bertz CT molecular complexity index is 663. The normalized spacial score (nSPS) is 17.0. The van der Waals surface area contributed by atoms with E-state index in [1.807, 2.05) is 43.0 Å². The molecule has 7 heteroatoms. The summed E-state index contributed by atoms with van der Waals surface area (Å²) in [5, 5.41) is 7.42. The monoisotopic (exact) mass is 373 g/mol.